The van der Waals surface area contributed by atoms with Crippen LogP contribution in [0.4, 0.5) is 15.2 Å². The molecule has 1 aromatic heterocycles. The fourth-order valence-electron chi connectivity index (χ4n) is 2.73. The third-order valence-electron chi connectivity index (χ3n) is 4.19. The van der Waals surface area contributed by atoms with Crippen molar-refractivity contribution in [2.24, 2.45) is 4.99 Å². The van der Waals surface area contributed by atoms with Gasteiger partial charge in [-0.1, -0.05) is 35.2 Å². The molecule has 7 heteroatoms. The van der Waals surface area contributed by atoms with Crippen molar-refractivity contribution < 1.29 is 4.39 Å². The molecule has 4 rings (SSSR count). The maximum atomic E-state index is 13.2. The monoisotopic (exact) mass is 386 g/mol. The highest BCUT2D eigenvalue weighted by atomic mass is 32.2. The lowest BCUT2D eigenvalue weighted by Gasteiger charge is -2.09. The van der Waals surface area contributed by atoms with E-state index in [2.05, 4.69) is 46.5 Å². The summed E-state index contributed by atoms with van der Waals surface area (Å²) in [7, 11) is 2.08. The highest BCUT2D eigenvalue weighted by Gasteiger charge is 2.14. The fourth-order valence-corrected chi connectivity index (χ4v) is 4.68. The van der Waals surface area contributed by atoms with Gasteiger partial charge in [0.25, 0.3) is 0 Å². The number of aromatic nitrogens is 1. The highest BCUT2D eigenvalue weighted by Crippen LogP contribution is 2.26. The normalized spacial score (nSPS) is 15.9. The van der Waals surface area contributed by atoms with E-state index >= 15 is 0 Å². The zero-order valence-electron chi connectivity index (χ0n) is 14.4. The molecule has 1 saturated heterocycles. The van der Waals surface area contributed by atoms with Crippen LogP contribution in [0.2, 0.25) is 0 Å². The Kier molecular flexibility index (Phi) is 5.08. The number of rotatable bonds is 5. The van der Waals surface area contributed by atoms with Crippen LogP contribution in [0.5, 0.6) is 0 Å². The van der Waals surface area contributed by atoms with Gasteiger partial charge in [-0.2, -0.15) is 0 Å². The first-order valence-electron chi connectivity index (χ1n) is 8.49. The smallest absolute Gasteiger partial charge is 0.183 e. The second-order valence-electron chi connectivity index (χ2n) is 6.14. The molecule has 0 radical (unpaired) electrons. The van der Waals surface area contributed by atoms with E-state index in [-0.39, 0.29) is 5.82 Å². The molecule has 0 amide bonds. The van der Waals surface area contributed by atoms with Crippen molar-refractivity contribution in [1.82, 2.24) is 9.88 Å². The zero-order valence-corrected chi connectivity index (χ0v) is 16.0. The van der Waals surface area contributed by atoms with E-state index in [0.717, 1.165) is 51.5 Å². The first kappa shape index (κ1) is 17.3. The molecule has 1 fully saturated rings. The van der Waals surface area contributed by atoms with Crippen LogP contribution >= 0.6 is 23.1 Å². The van der Waals surface area contributed by atoms with Crippen LogP contribution in [0.15, 0.2) is 47.5 Å². The molecule has 1 N–H and O–H groups in total. The number of fused-ring (bicyclic) bond motifs is 1. The molecule has 0 atom stereocenters. The van der Waals surface area contributed by atoms with Crippen LogP contribution in [0.25, 0.3) is 10.2 Å². The number of nitrogens with zero attached hydrogens (tertiary/aromatic N) is 3. The van der Waals surface area contributed by atoms with Gasteiger partial charge >= 0.3 is 0 Å². The number of anilines is 1. The summed E-state index contributed by atoms with van der Waals surface area (Å²) in [5.74, 6) is 0.885. The number of nitrogens with one attached hydrogen (secondary N) is 1. The van der Waals surface area contributed by atoms with Crippen molar-refractivity contribution in [3.8, 4) is 0 Å². The van der Waals surface area contributed by atoms with Crippen molar-refractivity contribution in [3.63, 3.8) is 0 Å². The SMILES string of the molecule is CN1CCS/C1=N\c1ccc(CCNc2nc3ccc(F)cc3s2)cc1. The molecule has 0 aliphatic carbocycles. The Morgan fingerprint density at radius 3 is 2.85 bits per heavy atom. The van der Waals surface area contributed by atoms with Gasteiger partial charge in [0.15, 0.2) is 10.3 Å². The lowest BCUT2D eigenvalue weighted by Crippen LogP contribution is -2.17. The Balaban J connectivity index is 1.34. The molecule has 26 heavy (non-hydrogen) atoms. The molecular weight excluding hydrogens is 367 g/mol. The predicted molar refractivity (Wildman–Crippen MR) is 110 cm³/mol. The molecule has 0 unspecified atom stereocenters. The topological polar surface area (TPSA) is 40.5 Å². The average Bonchev–Trinajstić information content (AvgIpc) is 3.22. The van der Waals surface area contributed by atoms with Crippen LogP contribution in [0.3, 0.4) is 0 Å². The summed E-state index contributed by atoms with van der Waals surface area (Å²) in [5.41, 5.74) is 3.07. The van der Waals surface area contributed by atoms with Gasteiger partial charge in [-0.25, -0.2) is 14.4 Å². The molecule has 4 nitrogen and oxygen atoms in total. The van der Waals surface area contributed by atoms with Gasteiger partial charge in [0.1, 0.15) is 5.82 Å². The number of aliphatic imine (C=N–C) groups is 1. The molecule has 1 aliphatic rings. The number of amidine groups is 1. The highest BCUT2D eigenvalue weighted by molar-refractivity contribution is 8.14. The molecule has 134 valence electrons. The number of hydrogen-bond donors (Lipinski definition) is 1. The minimum Gasteiger partial charge on any atom is -0.361 e. The number of halogens is 1. The Labute approximate surface area is 160 Å². The molecular formula is C19H19FN4S2. The molecule has 0 bridgehead atoms. The first-order valence-corrected chi connectivity index (χ1v) is 10.3. The Hall–Kier alpha value is -2.12. The summed E-state index contributed by atoms with van der Waals surface area (Å²) < 4.78 is 14.1. The standard InChI is InChI=1S/C19H19FN4S2/c1-24-10-11-25-19(24)22-15-5-2-13(3-6-15)8-9-21-18-23-16-7-4-14(20)12-17(16)26-18/h2-7,12H,8-11H2,1H3,(H,21,23)/b22-19-. The maximum absolute atomic E-state index is 13.2. The lowest BCUT2D eigenvalue weighted by molar-refractivity contribution is 0.563. The quantitative estimate of drug-likeness (QED) is 0.687. The van der Waals surface area contributed by atoms with Gasteiger partial charge in [-0.05, 0) is 42.3 Å². The minimum atomic E-state index is -0.224. The summed E-state index contributed by atoms with van der Waals surface area (Å²) in [6.07, 6.45) is 0.899. The third kappa shape index (κ3) is 3.99. The average molecular weight is 387 g/mol. The predicted octanol–water partition coefficient (Wildman–Crippen LogP) is 4.76. The fraction of sp³-hybridized carbons (Fsp3) is 0.263. The van der Waals surface area contributed by atoms with Crippen LogP contribution in [0, 0.1) is 5.82 Å². The van der Waals surface area contributed by atoms with Gasteiger partial charge in [-0.3, -0.25) is 0 Å². The lowest BCUT2D eigenvalue weighted by atomic mass is 10.1. The van der Waals surface area contributed by atoms with Gasteiger partial charge in [0.2, 0.25) is 0 Å². The van der Waals surface area contributed by atoms with E-state index in [1.807, 2.05) is 0 Å². The van der Waals surface area contributed by atoms with Crippen molar-refractivity contribution in [3.05, 3.63) is 53.8 Å². The zero-order chi connectivity index (χ0) is 17.9. The van der Waals surface area contributed by atoms with E-state index in [1.54, 1.807) is 17.8 Å². The Morgan fingerprint density at radius 2 is 2.08 bits per heavy atom. The van der Waals surface area contributed by atoms with Crippen molar-refractivity contribution in [1.29, 1.82) is 0 Å². The summed E-state index contributed by atoms with van der Waals surface area (Å²) in [6.45, 7) is 1.85. The third-order valence-corrected chi connectivity index (χ3v) is 6.21. The Bertz CT molecular complexity index is 936. The Morgan fingerprint density at radius 1 is 1.23 bits per heavy atom. The van der Waals surface area contributed by atoms with Crippen molar-refractivity contribution >= 4 is 49.3 Å². The summed E-state index contributed by atoms with van der Waals surface area (Å²) >= 11 is 3.28. The van der Waals surface area contributed by atoms with Crippen molar-refractivity contribution in [2.45, 2.75) is 6.42 Å². The van der Waals surface area contributed by atoms with Gasteiger partial charge in [0.05, 0.1) is 15.9 Å². The van der Waals surface area contributed by atoms with E-state index < -0.39 is 0 Å². The molecule has 3 aromatic rings. The first-order chi connectivity index (χ1) is 12.7. The number of thiazole rings is 1. The molecule has 0 saturated carbocycles. The molecule has 2 heterocycles. The number of thioether (sulfide) groups is 1. The van der Waals surface area contributed by atoms with Crippen molar-refractivity contribution in [2.75, 3.05) is 31.2 Å². The summed E-state index contributed by atoms with van der Waals surface area (Å²) in [6, 6.07) is 13.1. The van der Waals surface area contributed by atoms with E-state index in [1.165, 1.54) is 29.0 Å². The summed E-state index contributed by atoms with van der Waals surface area (Å²) in [5, 5.41) is 5.25. The minimum absolute atomic E-state index is 0.224. The molecule has 0 spiro atoms. The largest absolute Gasteiger partial charge is 0.361 e. The summed E-state index contributed by atoms with van der Waals surface area (Å²) in [4.78, 5) is 11.4. The maximum Gasteiger partial charge on any atom is 0.183 e. The van der Waals surface area contributed by atoms with Gasteiger partial charge in [0, 0.05) is 25.9 Å². The van der Waals surface area contributed by atoms with Gasteiger partial charge in [-0.15, -0.1) is 0 Å². The molecule has 1 aliphatic heterocycles. The molecule has 2 aromatic carbocycles. The number of hydrogen-bond acceptors (Lipinski definition) is 5. The van der Waals surface area contributed by atoms with E-state index in [9.17, 15) is 4.39 Å². The second kappa shape index (κ2) is 7.63. The van der Waals surface area contributed by atoms with Crippen LogP contribution in [-0.4, -0.2) is 40.9 Å². The van der Waals surface area contributed by atoms with Gasteiger partial charge < -0.3 is 10.2 Å². The second-order valence-corrected chi connectivity index (χ2v) is 8.23. The van der Waals surface area contributed by atoms with Crippen LogP contribution < -0.4 is 5.32 Å². The van der Waals surface area contributed by atoms with E-state index in [0.29, 0.717) is 0 Å². The van der Waals surface area contributed by atoms with E-state index in [4.69, 9.17) is 4.99 Å². The van der Waals surface area contributed by atoms with Crippen LogP contribution in [-0.2, 0) is 6.42 Å². The number of benzene rings is 2. The van der Waals surface area contributed by atoms with Crippen LogP contribution in [0.1, 0.15) is 5.56 Å².